The van der Waals surface area contributed by atoms with Gasteiger partial charge in [0.1, 0.15) is 6.10 Å². The second kappa shape index (κ2) is 5.65. The van der Waals surface area contributed by atoms with E-state index in [2.05, 4.69) is 13.8 Å². The molecule has 108 valence electrons. The molecule has 0 saturated heterocycles. The zero-order valence-electron chi connectivity index (χ0n) is 11.9. The summed E-state index contributed by atoms with van der Waals surface area (Å²) in [5.41, 5.74) is 0.431. The monoisotopic (exact) mass is 276 g/mol. The number of hydrogen-bond donors (Lipinski definition) is 1. The van der Waals surface area contributed by atoms with Crippen LogP contribution in [0, 0.1) is 5.41 Å². The first-order valence-corrected chi connectivity index (χ1v) is 6.92. The summed E-state index contributed by atoms with van der Waals surface area (Å²) in [6, 6.07) is 6.16. The first kappa shape index (κ1) is 14.6. The quantitative estimate of drug-likeness (QED) is 0.858. The minimum atomic E-state index is -1.11. The van der Waals surface area contributed by atoms with Crippen LogP contribution in [0.4, 0.5) is 0 Å². The van der Waals surface area contributed by atoms with Gasteiger partial charge >= 0.3 is 11.9 Å². The van der Waals surface area contributed by atoms with Crippen molar-refractivity contribution in [2.24, 2.45) is 5.41 Å². The van der Waals surface area contributed by atoms with Crippen molar-refractivity contribution in [2.45, 2.75) is 45.6 Å². The molecule has 0 radical (unpaired) electrons. The third-order valence-corrected chi connectivity index (χ3v) is 3.94. The molecule has 1 N–H and O–H groups in total. The number of rotatable bonds is 3. The van der Waals surface area contributed by atoms with Crippen molar-refractivity contribution in [1.29, 1.82) is 0 Å². The number of benzene rings is 1. The Bertz CT molecular complexity index is 509. The van der Waals surface area contributed by atoms with Crippen LogP contribution in [-0.2, 0) is 4.74 Å². The van der Waals surface area contributed by atoms with E-state index in [0.29, 0.717) is 5.41 Å². The summed E-state index contributed by atoms with van der Waals surface area (Å²) in [4.78, 5) is 23.2. The molecule has 0 spiro atoms. The van der Waals surface area contributed by atoms with E-state index in [4.69, 9.17) is 9.84 Å². The number of carboxylic acids is 1. The predicted molar refractivity (Wildman–Crippen MR) is 74.9 cm³/mol. The van der Waals surface area contributed by atoms with Crippen LogP contribution < -0.4 is 0 Å². The second-order valence-electron chi connectivity index (χ2n) is 6.12. The molecule has 0 atom stereocenters. The van der Waals surface area contributed by atoms with Crippen molar-refractivity contribution in [2.75, 3.05) is 0 Å². The van der Waals surface area contributed by atoms with Gasteiger partial charge in [0.15, 0.2) is 0 Å². The molecule has 1 aromatic rings. The van der Waals surface area contributed by atoms with Crippen LogP contribution in [0.15, 0.2) is 24.3 Å². The number of carbonyl (C=O) groups is 2. The van der Waals surface area contributed by atoms with E-state index in [9.17, 15) is 9.59 Å². The van der Waals surface area contributed by atoms with Crippen LogP contribution in [-0.4, -0.2) is 23.1 Å². The molecular formula is C16H20O4. The van der Waals surface area contributed by atoms with Crippen molar-refractivity contribution < 1.29 is 19.4 Å². The van der Waals surface area contributed by atoms with Crippen LogP contribution in [0.3, 0.4) is 0 Å². The number of ether oxygens (including phenoxy) is 1. The number of carboxylic acid groups (broad SMARTS) is 1. The predicted octanol–water partition coefficient (Wildman–Crippen LogP) is 3.51. The average molecular weight is 276 g/mol. The lowest BCUT2D eigenvalue weighted by molar-refractivity contribution is 0.00920. The number of esters is 1. The lowest BCUT2D eigenvalue weighted by atomic mass is 9.76. The number of hydrogen-bond acceptors (Lipinski definition) is 3. The zero-order chi connectivity index (χ0) is 14.8. The SMILES string of the molecule is CC1(C)CCC(OC(=O)c2ccccc2C(=O)O)CC1. The normalized spacial score (nSPS) is 18.5. The Morgan fingerprint density at radius 1 is 1.15 bits per heavy atom. The molecule has 0 aromatic heterocycles. The van der Waals surface area contributed by atoms with E-state index in [1.807, 2.05) is 0 Å². The standard InChI is InChI=1S/C16H20O4/c1-16(2)9-7-11(8-10-16)20-15(19)13-6-4-3-5-12(13)14(17)18/h3-6,11H,7-10H2,1-2H3,(H,17,18). The minimum Gasteiger partial charge on any atom is -0.478 e. The molecule has 1 saturated carbocycles. The van der Waals surface area contributed by atoms with Gasteiger partial charge in [0.25, 0.3) is 0 Å². The highest BCUT2D eigenvalue weighted by Gasteiger charge is 2.29. The first-order valence-electron chi connectivity index (χ1n) is 6.92. The molecule has 1 fully saturated rings. The summed E-state index contributed by atoms with van der Waals surface area (Å²) < 4.78 is 5.46. The van der Waals surface area contributed by atoms with Crippen molar-refractivity contribution in [1.82, 2.24) is 0 Å². The smallest absolute Gasteiger partial charge is 0.339 e. The van der Waals surface area contributed by atoms with Gasteiger partial charge in [-0.2, -0.15) is 0 Å². The van der Waals surface area contributed by atoms with Gasteiger partial charge in [0, 0.05) is 0 Å². The number of carbonyl (C=O) groups excluding carboxylic acids is 1. The summed E-state index contributed by atoms with van der Waals surface area (Å²) in [5.74, 6) is -1.64. The summed E-state index contributed by atoms with van der Waals surface area (Å²) >= 11 is 0. The molecule has 0 aliphatic heterocycles. The molecular weight excluding hydrogens is 256 g/mol. The third kappa shape index (κ3) is 3.38. The van der Waals surface area contributed by atoms with Crippen LogP contribution >= 0.6 is 0 Å². The average Bonchev–Trinajstić information content (AvgIpc) is 2.41. The van der Waals surface area contributed by atoms with Crippen LogP contribution in [0.1, 0.15) is 60.2 Å². The summed E-state index contributed by atoms with van der Waals surface area (Å²) in [6.45, 7) is 4.43. The molecule has 0 heterocycles. The van der Waals surface area contributed by atoms with Gasteiger partial charge in [0.2, 0.25) is 0 Å². The maximum atomic E-state index is 12.1. The molecule has 0 unspecified atom stereocenters. The van der Waals surface area contributed by atoms with Crippen molar-refractivity contribution >= 4 is 11.9 Å². The summed E-state index contributed by atoms with van der Waals surface area (Å²) in [6.07, 6.45) is 3.62. The lowest BCUT2D eigenvalue weighted by Gasteiger charge is -2.33. The topological polar surface area (TPSA) is 63.6 Å². The molecule has 0 amide bonds. The third-order valence-electron chi connectivity index (χ3n) is 3.94. The molecule has 4 nitrogen and oxygen atoms in total. The van der Waals surface area contributed by atoms with E-state index in [1.54, 1.807) is 12.1 Å². The minimum absolute atomic E-state index is 0.00589. The Kier molecular flexibility index (Phi) is 4.12. The lowest BCUT2D eigenvalue weighted by Crippen LogP contribution is -2.28. The van der Waals surface area contributed by atoms with Gasteiger partial charge in [-0.3, -0.25) is 0 Å². The van der Waals surface area contributed by atoms with Crippen LogP contribution in [0.25, 0.3) is 0 Å². The maximum absolute atomic E-state index is 12.1. The van der Waals surface area contributed by atoms with E-state index in [0.717, 1.165) is 25.7 Å². The molecule has 20 heavy (non-hydrogen) atoms. The molecule has 2 rings (SSSR count). The first-order chi connectivity index (χ1) is 9.39. The molecule has 1 aliphatic rings. The molecule has 1 aliphatic carbocycles. The van der Waals surface area contributed by atoms with Crippen molar-refractivity contribution in [3.63, 3.8) is 0 Å². The summed E-state index contributed by atoms with van der Waals surface area (Å²) in [7, 11) is 0. The molecule has 0 bridgehead atoms. The molecule has 4 heteroatoms. The van der Waals surface area contributed by atoms with Gasteiger partial charge in [0.05, 0.1) is 11.1 Å². The Morgan fingerprint density at radius 3 is 2.25 bits per heavy atom. The number of aromatic carboxylic acids is 1. The van der Waals surface area contributed by atoms with E-state index in [1.165, 1.54) is 12.1 Å². The van der Waals surface area contributed by atoms with E-state index < -0.39 is 11.9 Å². The second-order valence-corrected chi connectivity index (χ2v) is 6.12. The highest BCUT2D eigenvalue weighted by molar-refractivity contribution is 6.02. The maximum Gasteiger partial charge on any atom is 0.339 e. The highest BCUT2D eigenvalue weighted by Crippen LogP contribution is 2.36. The van der Waals surface area contributed by atoms with Gasteiger partial charge < -0.3 is 9.84 Å². The van der Waals surface area contributed by atoms with Crippen LogP contribution in [0.5, 0.6) is 0 Å². The fourth-order valence-electron chi connectivity index (χ4n) is 2.55. The van der Waals surface area contributed by atoms with E-state index in [-0.39, 0.29) is 17.2 Å². The Morgan fingerprint density at radius 2 is 1.70 bits per heavy atom. The summed E-state index contributed by atoms with van der Waals surface area (Å²) in [5, 5.41) is 9.08. The Hall–Kier alpha value is -1.84. The zero-order valence-corrected chi connectivity index (χ0v) is 11.9. The fraction of sp³-hybridized carbons (Fsp3) is 0.500. The molecule has 1 aromatic carbocycles. The van der Waals surface area contributed by atoms with Gasteiger partial charge in [-0.05, 0) is 43.2 Å². The van der Waals surface area contributed by atoms with Crippen molar-refractivity contribution in [3.05, 3.63) is 35.4 Å². The largest absolute Gasteiger partial charge is 0.478 e. The van der Waals surface area contributed by atoms with Gasteiger partial charge in [-0.25, -0.2) is 9.59 Å². The van der Waals surface area contributed by atoms with Crippen molar-refractivity contribution in [3.8, 4) is 0 Å². The van der Waals surface area contributed by atoms with Gasteiger partial charge in [-0.1, -0.05) is 26.0 Å². The van der Waals surface area contributed by atoms with Crippen LogP contribution in [0.2, 0.25) is 0 Å². The van der Waals surface area contributed by atoms with E-state index >= 15 is 0 Å². The highest BCUT2D eigenvalue weighted by atomic mass is 16.5. The Balaban J connectivity index is 2.04. The Labute approximate surface area is 118 Å². The van der Waals surface area contributed by atoms with Gasteiger partial charge in [-0.15, -0.1) is 0 Å². The fourth-order valence-corrected chi connectivity index (χ4v) is 2.55.